The number of nitrogens with zero attached hydrogens (tertiary/aromatic N) is 3. The van der Waals surface area contributed by atoms with Crippen molar-refractivity contribution in [1.29, 1.82) is 0 Å². The molecule has 1 amide bonds. The van der Waals surface area contributed by atoms with Crippen LogP contribution >= 0.6 is 11.6 Å². The summed E-state index contributed by atoms with van der Waals surface area (Å²) in [5.74, 6) is 1.27. The largest absolute Gasteiger partial charge is 0.481 e. The van der Waals surface area contributed by atoms with Crippen molar-refractivity contribution < 1.29 is 14.1 Å². The maximum atomic E-state index is 12.7. The first-order chi connectivity index (χ1) is 13.3. The average molecular weight is 400 g/mol. The van der Waals surface area contributed by atoms with Gasteiger partial charge in [-0.3, -0.25) is 4.79 Å². The third-order valence-electron chi connectivity index (χ3n) is 4.32. The standard InChI is InChI=1S/C21H22ClN3O3/c1-13-10-17(11-14(2)19(13)22)27-15(3)21(26)25(4)12-18-23-20(24-28-18)16-8-6-5-7-9-16/h5-11,15H,12H2,1-4H3/t15-/m0/s1. The van der Waals surface area contributed by atoms with Gasteiger partial charge in [0.25, 0.3) is 5.91 Å². The highest BCUT2D eigenvalue weighted by atomic mass is 35.5. The van der Waals surface area contributed by atoms with Crippen LogP contribution in [-0.4, -0.2) is 34.1 Å². The van der Waals surface area contributed by atoms with Crippen molar-refractivity contribution in [2.45, 2.75) is 33.4 Å². The summed E-state index contributed by atoms with van der Waals surface area (Å²) in [5.41, 5.74) is 2.67. The Morgan fingerprint density at radius 1 is 1.21 bits per heavy atom. The summed E-state index contributed by atoms with van der Waals surface area (Å²) in [6, 6.07) is 13.2. The van der Waals surface area contributed by atoms with Gasteiger partial charge in [-0.25, -0.2) is 0 Å². The number of aromatic nitrogens is 2. The first kappa shape index (κ1) is 19.9. The molecule has 0 aliphatic heterocycles. The second kappa shape index (κ2) is 8.44. The molecule has 0 unspecified atom stereocenters. The molecule has 0 spiro atoms. The summed E-state index contributed by atoms with van der Waals surface area (Å²) in [4.78, 5) is 18.5. The van der Waals surface area contributed by atoms with Gasteiger partial charge in [0.15, 0.2) is 6.10 Å². The van der Waals surface area contributed by atoms with Crippen LogP contribution in [0.3, 0.4) is 0 Å². The Kier molecular flexibility index (Phi) is 5.99. The summed E-state index contributed by atoms with van der Waals surface area (Å²) in [6.45, 7) is 5.72. The van der Waals surface area contributed by atoms with Crippen LogP contribution in [-0.2, 0) is 11.3 Å². The van der Waals surface area contributed by atoms with Gasteiger partial charge in [0, 0.05) is 17.6 Å². The van der Waals surface area contributed by atoms with Crippen molar-refractivity contribution in [1.82, 2.24) is 15.0 Å². The fourth-order valence-electron chi connectivity index (χ4n) is 2.84. The Bertz CT molecular complexity index is 949. The SMILES string of the molecule is Cc1cc(O[C@@H](C)C(=O)N(C)Cc2nc(-c3ccccc3)no2)cc(C)c1Cl. The quantitative estimate of drug-likeness (QED) is 0.613. The minimum absolute atomic E-state index is 0.190. The van der Waals surface area contributed by atoms with Crippen molar-refractivity contribution in [2.75, 3.05) is 7.05 Å². The van der Waals surface area contributed by atoms with Gasteiger partial charge in [0.05, 0.1) is 6.54 Å². The molecular formula is C21H22ClN3O3. The van der Waals surface area contributed by atoms with Crippen LogP contribution in [0.1, 0.15) is 23.9 Å². The second-order valence-corrected chi connectivity index (χ2v) is 7.08. The molecule has 1 aromatic heterocycles. The number of rotatable bonds is 6. The fourth-order valence-corrected chi connectivity index (χ4v) is 2.95. The fraction of sp³-hybridized carbons (Fsp3) is 0.286. The minimum atomic E-state index is -0.665. The second-order valence-electron chi connectivity index (χ2n) is 6.70. The first-order valence-electron chi connectivity index (χ1n) is 8.91. The van der Waals surface area contributed by atoms with Crippen LogP contribution in [0.5, 0.6) is 5.75 Å². The molecule has 1 atom stereocenters. The van der Waals surface area contributed by atoms with E-state index < -0.39 is 6.10 Å². The van der Waals surface area contributed by atoms with Gasteiger partial charge in [0.2, 0.25) is 11.7 Å². The Morgan fingerprint density at radius 3 is 2.50 bits per heavy atom. The van der Waals surface area contributed by atoms with Crippen molar-refractivity contribution in [3.8, 4) is 17.1 Å². The molecule has 0 aliphatic rings. The number of amides is 1. The van der Waals surface area contributed by atoms with Crippen LogP contribution in [0.25, 0.3) is 11.4 Å². The summed E-state index contributed by atoms with van der Waals surface area (Å²) in [7, 11) is 1.67. The highest BCUT2D eigenvalue weighted by molar-refractivity contribution is 6.32. The lowest BCUT2D eigenvalue weighted by Gasteiger charge is -2.21. The van der Waals surface area contributed by atoms with Gasteiger partial charge in [-0.05, 0) is 44.0 Å². The number of carbonyl (C=O) groups is 1. The van der Waals surface area contributed by atoms with E-state index >= 15 is 0 Å². The van der Waals surface area contributed by atoms with Crippen molar-refractivity contribution in [3.05, 3.63) is 64.5 Å². The average Bonchev–Trinajstić information content (AvgIpc) is 3.14. The summed E-state index contributed by atoms with van der Waals surface area (Å²) in [6.07, 6.45) is -0.665. The molecule has 0 saturated carbocycles. The van der Waals surface area contributed by atoms with E-state index in [2.05, 4.69) is 10.1 Å². The predicted octanol–water partition coefficient (Wildman–Crippen LogP) is 4.43. The molecular weight excluding hydrogens is 378 g/mol. The molecule has 0 radical (unpaired) electrons. The van der Waals surface area contributed by atoms with Crippen LogP contribution in [0.15, 0.2) is 47.0 Å². The number of aryl methyl sites for hydroxylation is 2. The Labute approximate surface area is 169 Å². The maximum Gasteiger partial charge on any atom is 0.263 e. The monoisotopic (exact) mass is 399 g/mol. The number of hydrogen-bond donors (Lipinski definition) is 0. The van der Waals surface area contributed by atoms with Gasteiger partial charge in [-0.15, -0.1) is 0 Å². The van der Waals surface area contributed by atoms with E-state index in [9.17, 15) is 4.79 Å². The molecule has 0 saturated heterocycles. The van der Waals surface area contributed by atoms with Gasteiger partial charge in [0.1, 0.15) is 5.75 Å². The lowest BCUT2D eigenvalue weighted by molar-refractivity contribution is -0.137. The molecule has 0 bridgehead atoms. The number of likely N-dealkylation sites (N-methyl/N-ethyl adjacent to an activating group) is 1. The highest BCUT2D eigenvalue weighted by Gasteiger charge is 2.22. The van der Waals surface area contributed by atoms with Crippen LogP contribution in [0.4, 0.5) is 0 Å². The molecule has 0 fully saturated rings. The van der Waals surface area contributed by atoms with E-state index in [4.69, 9.17) is 20.9 Å². The molecule has 6 nitrogen and oxygen atoms in total. The van der Waals surface area contributed by atoms with Crippen molar-refractivity contribution in [3.63, 3.8) is 0 Å². The number of ether oxygens (including phenoxy) is 1. The predicted molar refractivity (Wildman–Crippen MR) is 107 cm³/mol. The molecule has 3 aromatic rings. The smallest absolute Gasteiger partial charge is 0.263 e. The Morgan fingerprint density at radius 2 is 1.86 bits per heavy atom. The highest BCUT2D eigenvalue weighted by Crippen LogP contribution is 2.26. The molecule has 2 aromatic carbocycles. The molecule has 146 valence electrons. The molecule has 1 heterocycles. The molecule has 0 aliphatic carbocycles. The van der Waals surface area contributed by atoms with Crippen molar-refractivity contribution in [2.24, 2.45) is 0 Å². The van der Waals surface area contributed by atoms with Crippen molar-refractivity contribution >= 4 is 17.5 Å². The van der Waals surface area contributed by atoms with Crippen LogP contribution in [0.2, 0.25) is 5.02 Å². The summed E-state index contributed by atoms with van der Waals surface area (Å²) < 4.78 is 11.1. The number of benzene rings is 2. The summed E-state index contributed by atoms with van der Waals surface area (Å²) >= 11 is 6.18. The maximum absolute atomic E-state index is 12.7. The number of hydrogen-bond acceptors (Lipinski definition) is 5. The Hall–Kier alpha value is -2.86. The minimum Gasteiger partial charge on any atom is -0.481 e. The normalized spacial score (nSPS) is 11.9. The molecule has 3 rings (SSSR count). The lowest BCUT2D eigenvalue weighted by atomic mass is 10.1. The first-order valence-corrected chi connectivity index (χ1v) is 9.29. The number of carbonyl (C=O) groups excluding carboxylic acids is 1. The van der Waals surface area contributed by atoms with Crippen LogP contribution < -0.4 is 4.74 Å². The molecule has 28 heavy (non-hydrogen) atoms. The van der Waals surface area contributed by atoms with E-state index in [0.29, 0.717) is 22.5 Å². The third kappa shape index (κ3) is 4.51. The zero-order chi connectivity index (χ0) is 20.3. The third-order valence-corrected chi connectivity index (χ3v) is 4.92. The van der Waals surface area contributed by atoms with Gasteiger partial charge >= 0.3 is 0 Å². The van der Waals surface area contributed by atoms with E-state index in [-0.39, 0.29) is 12.5 Å². The van der Waals surface area contributed by atoms with Gasteiger partial charge < -0.3 is 14.2 Å². The topological polar surface area (TPSA) is 68.5 Å². The van der Waals surface area contributed by atoms with Gasteiger partial charge in [-0.2, -0.15) is 4.98 Å². The molecule has 0 N–H and O–H groups in total. The van der Waals surface area contributed by atoms with Crippen LogP contribution in [0, 0.1) is 13.8 Å². The van der Waals surface area contributed by atoms with E-state index in [1.165, 1.54) is 4.90 Å². The van der Waals surface area contributed by atoms with E-state index in [1.54, 1.807) is 14.0 Å². The Balaban J connectivity index is 1.63. The molecule has 7 heteroatoms. The number of halogens is 1. The lowest BCUT2D eigenvalue weighted by Crippen LogP contribution is -2.37. The zero-order valence-electron chi connectivity index (χ0n) is 16.3. The van der Waals surface area contributed by atoms with E-state index in [0.717, 1.165) is 16.7 Å². The van der Waals surface area contributed by atoms with E-state index in [1.807, 2.05) is 56.3 Å². The summed E-state index contributed by atoms with van der Waals surface area (Å²) in [5, 5.41) is 4.67. The zero-order valence-corrected chi connectivity index (χ0v) is 17.0. The van der Waals surface area contributed by atoms with Gasteiger partial charge in [-0.1, -0.05) is 47.1 Å².